The Labute approximate surface area is 139 Å². The summed E-state index contributed by atoms with van der Waals surface area (Å²) in [7, 11) is 0. The topological polar surface area (TPSA) is 69.0 Å². The maximum absolute atomic E-state index is 11.4. The van der Waals surface area contributed by atoms with Gasteiger partial charge in [0.15, 0.2) is 5.16 Å². The van der Waals surface area contributed by atoms with Crippen LogP contribution in [0.1, 0.15) is 25.3 Å². The number of aryl methyl sites for hydroxylation is 2. The fourth-order valence-electron chi connectivity index (χ4n) is 2.43. The minimum Gasteiger partial charge on any atom is -0.493 e. The normalized spacial score (nSPS) is 13.5. The summed E-state index contributed by atoms with van der Waals surface area (Å²) in [6, 6.07) is 5.91. The number of anilines is 1. The van der Waals surface area contributed by atoms with Gasteiger partial charge in [-0.05, 0) is 31.4 Å². The Hall–Kier alpha value is -2.02. The lowest BCUT2D eigenvalue weighted by molar-refractivity contribution is -0.116. The summed E-state index contributed by atoms with van der Waals surface area (Å²) in [5.41, 5.74) is 2.05. The Morgan fingerprint density at radius 1 is 1.39 bits per heavy atom. The first-order chi connectivity index (χ1) is 11.3. The van der Waals surface area contributed by atoms with Crippen LogP contribution >= 0.6 is 11.8 Å². The molecule has 3 rings (SSSR count). The second kappa shape index (κ2) is 7.50. The van der Waals surface area contributed by atoms with E-state index in [0.717, 1.165) is 41.7 Å². The zero-order valence-electron chi connectivity index (χ0n) is 13.1. The van der Waals surface area contributed by atoms with Gasteiger partial charge in [0.25, 0.3) is 0 Å². The average molecular weight is 332 g/mol. The van der Waals surface area contributed by atoms with Gasteiger partial charge >= 0.3 is 0 Å². The number of fused-ring (bicyclic) bond motifs is 1. The van der Waals surface area contributed by atoms with Crippen LogP contribution in [0.3, 0.4) is 0 Å². The lowest BCUT2D eigenvalue weighted by Gasteiger charge is -2.17. The Bertz CT molecular complexity index is 686. The van der Waals surface area contributed by atoms with Crippen molar-refractivity contribution in [3.05, 3.63) is 30.1 Å². The van der Waals surface area contributed by atoms with Crippen LogP contribution in [-0.4, -0.2) is 33.0 Å². The summed E-state index contributed by atoms with van der Waals surface area (Å²) >= 11 is 1.69. The number of carbonyl (C=O) groups excluding carboxylic acids is 1. The maximum Gasteiger partial charge on any atom is 0.224 e. The summed E-state index contributed by atoms with van der Waals surface area (Å²) in [6.07, 6.45) is 4.04. The van der Waals surface area contributed by atoms with E-state index in [2.05, 4.69) is 22.4 Å². The van der Waals surface area contributed by atoms with E-state index in [1.807, 2.05) is 22.8 Å². The van der Waals surface area contributed by atoms with Gasteiger partial charge in [0.2, 0.25) is 5.91 Å². The first-order valence-corrected chi connectivity index (χ1v) is 8.81. The number of carbonyl (C=O) groups is 1. The number of hydrogen-bond acceptors (Lipinski definition) is 5. The third-order valence-electron chi connectivity index (χ3n) is 3.69. The van der Waals surface area contributed by atoms with Crippen LogP contribution in [0.4, 0.5) is 5.69 Å². The zero-order valence-corrected chi connectivity index (χ0v) is 13.9. The Morgan fingerprint density at radius 3 is 3.17 bits per heavy atom. The molecule has 0 atom stereocenters. The van der Waals surface area contributed by atoms with Crippen LogP contribution in [0, 0.1) is 0 Å². The molecule has 2 aromatic rings. The maximum atomic E-state index is 11.4. The molecule has 1 aromatic heterocycles. The number of amides is 1. The predicted molar refractivity (Wildman–Crippen MR) is 89.9 cm³/mol. The number of rotatable bonds is 7. The number of ether oxygens (including phenoxy) is 1. The van der Waals surface area contributed by atoms with Gasteiger partial charge in [0, 0.05) is 30.5 Å². The SMILES string of the molecule is CCn1cnnc1SCCCOc1ccc2c(c1)NC(=O)CC2. The average Bonchev–Trinajstić information content (AvgIpc) is 3.01. The van der Waals surface area contributed by atoms with E-state index in [-0.39, 0.29) is 5.91 Å². The van der Waals surface area contributed by atoms with Crippen molar-refractivity contribution < 1.29 is 9.53 Å². The zero-order chi connectivity index (χ0) is 16.1. The summed E-state index contributed by atoms with van der Waals surface area (Å²) < 4.78 is 7.80. The number of aromatic nitrogens is 3. The van der Waals surface area contributed by atoms with Crippen molar-refractivity contribution in [1.82, 2.24) is 14.8 Å². The van der Waals surface area contributed by atoms with Crippen LogP contribution < -0.4 is 10.1 Å². The molecule has 6 nitrogen and oxygen atoms in total. The van der Waals surface area contributed by atoms with Crippen molar-refractivity contribution in [3.63, 3.8) is 0 Å². The summed E-state index contributed by atoms with van der Waals surface area (Å²) in [6.45, 7) is 3.60. The van der Waals surface area contributed by atoms with Crippen molar-refractivity contribution >= 4 is 23.4 Å². The smallest absolute Gasteiger partial charge is 0.224 e. The second-order valence-electron chi connectivity index (χ2n) is 5.32. The Kier molecular flexibility index (Phi) is 5.17. The van der Waals surface area contributed by atoms with Gasteiger partial charge < -0.3 is 14.6 Å². The molecule has 1 N–H and O–H groups in total. The minimum absolute atomic E-state index is 0.0751. The first-order valence-electron chi connectivity index (χ1n) is 7.82. The van der Waals surface area contributed by atoms with Crippen molar-refractivity contribution in [2.45, 2.75) is 37.9 Å². The van der Waals surface area contributed by atoms with Crippen LogP contribution in [0.2, 0.25) is 0 Å². The van der Waals surface area contributed by atoms with Crippen molar-refractivity contribution in [2.75, 3.05) is 17.7 Å². The lowest BCUT2D eigenvalue weighted by Crippen LogP contribution is -2.18. The molecule has 1 amide bonds. The molecular formula is C16H20N4O2S. The minimum atomic E-state index is 0.0751. The number of hydrogen-bond donors (Lipinski definition) is 1. The van der Waals surface area contributed by atoms with Gasteiger partial charge in [-0.3, -0.25) is 4.79 Å². The number of benzene rings is 1. The largest absolute Gasteiger partial charge is 0.493 e. The van der Waals surface area contributed by atoms with E-state index < -0.39 is 0 Å². The fraction of sp³-hybridized carbons (Fsp3) is 0.438. The highest BCUT2D eigenvalue weighted by Gasteiger charge is 2.14. The van der Waals surface area contributed by atoms with E-state index in [1.165, 1.54) is 5.56 Å². The standard InChI is InChI=1S/C16H20N4O2S/c1-2-20-11-17-19-16(20)23-9-3-8-22-13-6-4-12-5-7-15(21)18-14(12)10-13/h4,6,10-11H,2-3,5,7-9H2,1H3,(H,18,21). The molecule has 1 aromatic carbocycles. The second-order valence-corrected chi connectivity index (χ2v) is 6.38. The van der Waals surface area contributed by atoms with Gasteiger partial charge in [-0.15, -0.1) is 10.2 Å². The van der Waals surface area contributed by atoms with E-state index in [9.17, 15) is 4.79 Å². The molecule has 7 heteroatoms. The molecule has 1 aliphatic heterocycles. The van der Waals surface area contributed by atoms with Crippen molar-refractivity contribution in [3.8, 4) is 5.75 Å². The molecule has 0 radical (unpaired) electrons. The van der Waals surface area contributed by atoms with Gasteiger partial charge in [-0.1, -0.05) is 17.8 Å². The van der Waals surface area contributed by atoms with E-state index >= 15 is 0 Å². The first kappa shape index (κ1) is 15.9. The Balaban J connectivity index is 1.44. The third-order valence-corrected chi connectivity index (χ3v) is 4.75. The molecular weight excluding hydrogens is 312 g/mol. The third kappa shape index (κ3) is 4.04. The van der Waals surface area contributed by atoms with Gasteiger partial charge in [-0.25, -0.2) is 0 Å². The lowest BCUT2D eigenvalue weighted by atomic mass is 10.0. The highest BCUT2D eigenvalue weighted by atomic mass is 32.2. The number of thioether (sulfide) groups is 1. The van der Waals surface area contributed by atoms with Crippen LogP contribution in [0.15, 0.2) is 29.7 Å². The summed E-state index contributed by atoms with van der Waals surface area (Å²) in [5.74, 6) is 1.80. The Morgan fingerprint density at radius 2 is 2.30 bits per heavy atom. The predicted octanol–water partition coefficient (Wildman–Crippen LogP) is 2.74. The monoisotopic (exact) mass is 332 g/mol. The van der Waals surface area contributed by atoms with E-state index in [4.69, 9.17) is 4.74 Å². The van der Waals surface area contributed by atoms with Crippen LogP contribution in [0.25, 0.3) is 0 Å². The van der Waals surface area contributed by atoms with Crippen molar-refractivity contribution in [1.29, 1.82) is 0 Å². The molecule has 0 saturated carbocycles. The molecule has 2 heterocycles. The molecule has 0 saturated heterocycles. The molecule has 0 fully saturated rings. The quantitative estimate of drug-likeness (QED) is 0.624. The molecule has 0 unspecified atom stereocenters. The van der Waals surface area contributed by atoms with E-state index in [0.29, 0.717) is 13.0 Å². The van der Waals surface area contributed by atoms with Crippen molar-refractivity contribution in [2.24, 2.45) is 0 Å². The molecule has 0 aliphatic carbocycles. The highest BCUT2D eigenvalue weighted by Crippen LogP contribution is 2.27. The molecule has 1 aliphatic rings. The molecule has 122 valence electrons. The van der Waals surface area contributed by atoms with Gasteiger partial charge in [-0.2, -0.15) is 0 Å². The summed E-state index contributed by atoms with van der Waals surface area (Å²) in [4.78, 5) is 11.4. The molecule has 0 bridgehead atoms. The summed E-state index contributed by atoms with van der Waals surface area (Å²) in [5, 5.41) is 11.8. The fourth-order valence-corrected chi connectivity index (χ4v) is 3.32. The highest BCUT2D eigenvalue weighted by molar-refractivity contribution is 7.99. The van der Waals surface area contributed by atoms with Crippen LogP contribution in [-0.2, 0) is 17.8 Å². The molecule has 0 spiro atoms. The van der Waals surface area contributed by atoms with E-state index in [1.54, 1.807) is 18.1 Å². The van der Waals surface area contributed by atoms with Gasteiger partial charge in [0.1, 0.15) is 12.1 Å². The van der Waals surface area contributed by atoms with Gasteiger partial charge in [0.05, 0.1) is 6.61 Å². The number of nitrogens with one attached hydrogen (secondary N) is 1. The van der Waals surface area contributed by atoms with Crippen LogP contribution in [0.5, 0.6) is 5.75 Å². The molecule has 23 heavy (non-hydrogen) atoms. The number of nitrogens with zero attached hydrogens (tertiary/aromatic N) is 3.